The van der Waals surface area contributed by atoms with E-state index in [-0.39, 0.29) is 0 Å². The van der Waals surface area contributed by atoms with Gasteiger partial charge in [-0.3, -0.25) is 0 Å². The Kier molecular flexibility index (Phi) is 7.72. The van der Waals surface area contributed by atoms with Crippen LogP contribution in [-0.2, 0) is 26.6 Å². The maximum atomic E-state index is 11.4. The first-order valence-electron chi connectivity index (χ1n) is 7.20. The van der Waals surface area contributed by atoms with E-state index in [1.807, 2.05) is 30.5 Å². The van der Waals surface area contributed by atoms with E-state index in [9.17, 15) is 43.2 Å². The molecule has 2 rings (SSSR count). The van der Waals surface area contributed by atoms with Gasteiger partial charge in [0, 0.05) is 5.02 Å². The second-order valence-corrected chi connectivity index (χ2v) is 8.90. The number of nitrogens with zero attached hydrogens (tertiary/aromatic N) is 3. The molecule has 0 aliphatic carbocycles. The van der Waals surface area contributed by atoms with Crippen molar-refractivity contribution in [3.8, 4) is 5.69 Å². The Bertz CT molecular complexity index is 990. The predicted molar refractivity (Wildman–Crippen MR) is 90.0 cm³/mol. The number of hydrogen-bond acceptors (Lipinski definition) is 4. The van der Waals surface area contributed by atoms with Crippen molar-refractivity contribution in [1.82, 2.24) is 4.57 Å². The fraction of sp³-hybridized carbons (Fsp3) is 0.308. The van der Waals surface area contributed by atoms with Crippen molar-refractivity contribution >= 4 is 31.6 Å². The summed E-state index contributed by atoms with van der Waals surface area (Å²) in [5.41, 5.74) is -11.3. The average Bonchev–Trinajstić information content (AvgIpc) is 3.02. The van der Waals surface area contributed by atoms with Gasteiger partial charge in [0.05, 0.1) is 6.54 Å². The van der Waals surface area contributed by atoms with Crippen LogP contribution in [0.25, 0.3) is 9.81 Å². The van der Waals surface area contributed by atoms with Crippen LogP contribution in [0.15, 0.2) is 43.0 Å². The van der Waals surface area contributed by atoms with E-state index in [2.05, 4.69) is 28.6 Å². The molecule has 2 aromatic rings. The topological polar surface area (TPSA) is 91.2 Å². The lowest BCUT2D eigenvalue weighted by atomic mass is 10.3. The van der Waals surface area contributed by atoms with E-state index in [0.29, 0.717) is 0 Å². The minimum Gasteiger partial charge on any atom is -0.421 e. The maximum Gasteiger partial charge on any atom is 0.480 e. The minimum absolute atomic E-state index is 0.768. The fourth-order valence-corrected chi connectivity index (χ4v) is 3.40. The molecule has 0 spiro atoms. The lowest BCUT2D eigenvalue weighted by Gasteiger charge is -2.22. The minimum atomic E-state index is -6.72. The van der Waals surface area contributed by atoms with Crippen molar-refractivity contribution in [2.45, 2.75) is 24.5 Å². The van der Waals surface area contributed by atoms with E-state index in [4.69, 9.17) is 11.6 Å². The first-order valence-corrected chi connectivity index (χ1v) is 10.5. The molecule has 0 saturated carbocycles. The first-order chi connectivity index (χ1) is 13.0. The van der Waals surface area contributed by atoms with E-state index < -0.39 is 31.1 Å². The van der Waals surface area contributed by atoms with Gasteiger partial charge in [-0.2, -0.15) is 26.3 Å². The second-order valence-electron chi connectivity index (χ2n) is 5.04. The van der Waals surface area contributed by atoms with Gasteiger partial charge < -0.3 is 4.13 Å². The third-order valence-corrected chi connectivity index (χ3v) is 5.95. The third kappa shape index (κ3) is 6.87. The standard InChI is InChI=1S/C11H12ClN2.C2F6NO4S2/c1-2-13-7-8-14(9-13)11-5-3-10(12)4-6-11;3-1(4,5)14(10,11)9-15(12,13)2(6,7)8/h3-9H,2H2,1H3;/q+1;-1. The summed E-state index contributed by atoms with van der Waals surface area (Å²) in [7, 11) is -13.4. The van der Waals surface area contributed by atoms with Crippen LogP contribution in [0.4, 0.5) is 26.3 Å². The summed E-state index contributed by atoms with van der Waals surface area (Å²) >= 11 is 5.82. The summed E-state index contributed by atoms with van der Waals surface area (Å²) in [5, 5.41) is 0.768. The van der Waals surface area contributed by atoms with Crippen LogP contribution < -0.4 is 4.57 Å². The monoisotopic (exact) mass is 487 g/mol. The molecule has 16 heteroatoms. The lowest BCUT2D eigenvalue weighted by molar-refractivity contribution is -0.692. The summed E-state index contributed by atoms with van der Waals surface area (Å²) < 4.78 is 113. The van der Waals surface area contributed by atoms with E-state index in [0.717, 1.165) is 21.4 Å². The van der Waals surface area contributed by atoms with Gasteiger partial charge in [-0.25, -0.2) is 26.0 Å². The van der Waals surface area contributed by atoms with E-state index in [1.165, 1.54) is 0 Å². The molecular weight excluding hydrogens is 476 g/mol. The van der Waals surface area contributed by atoms with Crippen LogP contribution in [0.5, 0.6) is 0 Å². The molecule has 0 amide bonds. The summed E-state index contributed by atoms with van der Waals surface area (Å²) in [6.45, 7) is 3.10. The van der Waals surface area contributed by atoms with Crippen LogP contribution in [0, 0.1) is 0 Å². The molecule has 164 valence electrons. The molecule has 0 atom stereocenters. The van der Waals surface area contributed by atoms with Crippen LogP contribution >= 0.6 is 11.6 Å². The molecule has 0 bridgehead atoms. The number of aryl methyl sites for hydroxylation is 1. The van der Waals surface area contributed by atoms with E-state index in [1.54, 1.807) is 0 Å². The molecule has 0 aliphatic heterocycles. The number of sulfonamides is 2. The number of alkyl halides is 6. The summed E-state index contributed by atoms with van der Waals surface area (Å²) in [6.07, 6.45) is 6.14. The smallest absolute Gasteiger partial charge is 0.421 e. The highest BCUT2D eigenvalue weighted by molar-refractivity contribution is 8.13. The van der Waals surface area contributed by atoms with Crippen LogP contribution in [0.2, 0.25) is 5.02 Å². The van der Waals surface area contributed by atoms with Crippen molar-refractivity contribution < 1.29 is 47.7 Å². The van der Waals surface area contributed by atoms with Crippen molar-refractivity contribution in [3.05, 3.63) is 52.1 Å². The van der Waals surface area contributed by atoms with Gasteiger partial charge >= 0.3 is 11.0 Å². The zero-order valence-corrected chi connectivity index (χ0v) is 16.6. The molecule has 0 N–H and O–H groups in total. The number of hydrogen-bond donors (Lipinski definition) is 0. The Morgan fingerprint density at radius 3 is 1.76 bits per heavy atom. The summed E-state index contributed by atoms with van der Waals surface area (Å²) in [5.74, 6) is 0. The molecular formula is C13H12ClF6N3O4S2. The molecule has 0 unspecified atom stereocenters. The zero-order valence-electron chi connectivity index (χ0n) is 14.2. The Labute approximate surface area is 166 Å². The highest BCUT2D eigenvalue weighted by Gasteiger charge is 2.46. The van der Waals surface area contributed by atoms with Crippen LogP contribution in [-0.4, -0.2) is 32.4 Å². The fourth-order valence-electron chi connectivity index (χ4n) is 1.56. The SMILES string of the molecule is CC[n+]1ccn(-c2ccc(Cl)cc2)c1.O=S(=O)([N-]S(=O)(=O)C(F)(F)F)C(F)(F)F. The highest BCUT2D eigenvalue weighted by Crippen LogP contribution is 2.36. The number of benzene rings is 1. The van der Waals surface area contributed by atoms with Crippen LogP contribution in [0.1, 0.15) is 6.92 Å². The van der Waals surface area contributed by atoms with Crippen molar-refractivity contribution in [3.63, 3.8) is 0 Å². The number of imidazole rings is 1. The highest BCUT2D eigenvalue weighted by atomic mass is 35.5. The first kappa shape index (κ1) is 25.2. The van der Waals surface area contributed by atoms with E-state index >= 15 is 0 Å². The van der Waals surface area contributed by atoms with Gasteiger partial charge in [-0.15, -0.1) is 0 Å². The summed E-state index contributed by atoms with van der Waals surface area (Å²) in [6, 6.07) is 7.80. The normalized spacial score (nSPS) is 13.0. The van der Waals surface area contributed by atoms with Gasteiger partial charge in [0.2, 0.25) is 6.33 Å². The molecule has 7 nitrogen and oxygen atoms in total. The van der Waals surface area contributed by atoms with Gasteiger partial charge in [0.15, 0.2) is 20.0 Å². The van der Waals surface area contributed by atoms with Gasteiger partial charge in [-0.1, -0.05) is 11.6 Å². The molecule has 29 heavy (non-hydrogen) atoms. The lowest BCUT2D eigenvalue weighted by Crippen LogP contribution is -2.30. The number of rotatable bonds is 4. The zero-order chi connectivity index (χ0) is 22.7. The predicted octanol–water partition coefficient (Wildman–Crippen LogP) is 3.50. The van der Waals surface area contributed by atoms with Crippen molar-refractivity contribution in [2.24, 2.45) is 0 Å². The Balaban J connectivity index is 0.000000290. The molecule has 0 aliphatic rings. The van der Waals surface area contributed by atoms with Gasteiger partial charge in [-0.05, 0) is 31.2 Å². The second kappa shape index (κ2) is 8.89. The molecule has 0 radical (unpaired) electrons. The van der Waals surface area contributed by atoms with Crippen molar-refractivity contribution in [1.29, 1.82) is 0 Å². The molecule has 0 fully saturated rings. The average molecular weight is 488 g/mol. The molecule has 1 heterocycles. The maximum absolute atomic E-state index is 11.4. The molecule has 1 aromatic heterocycles. The third-order valence-electron chi connectivity index (χ3n) is 2.96. The number of halogens is 7. The molecule has 0 saturated heterocycles. The quantitative estimate of drug-likeness (QED) is 0.487. The summed E-state index contributed by atoms with van der Waals surface area (Å²) in [4.78, 5) is 0. The number of aromatic nitrogens is 2. The van der Waals surface area contributed by atoms with Gasteiger partial charge in [0.1, 0.15) is 18.1 Å². The van der Waals surface area contributed by atoms with Gasteiger partial charge in [0.25, 0.3) is 0 Å². The van der Waals surface area contributed by atoms with Crippen LogP contribution in [0.3, 0.4) is 0 Å². The Hall–Kier alpha value is -1.84. The van der Waals surface area contributed by atoms with Crippen molar-refractivity contribution in [2.75, 3.05) is 0 Å². The Morgan fingerprint density at radius 2 is 1.41 bits per heavy atom. The Morgan fingerprint density at radius 1 is 0.966 bits per heavy atom. The molecule has 1 aromatic carbocycles. The largest absolute Gasteiger partial charge is 0.480 e.